The highest BCUT2D eigenvalue weighted by atomic mass is 16.6. The number of rotatable bonds is 6. The Morgan fingerprint density at radius 2 is 2.16 bits per heavy atom. The normalized spacial score (nSPS) is 23.7. The van der Waals surface area contributed by atoms with Crippen LogP contribution in [0.5, 0.6) is 0 Å². The van der Waals surface area contributed by atoms with Crippen LogP contribution in [-0.2, 0) is 4.74 Å². The number of anilines is 2. The third-order valence-corrected chi connectivity index (χ3v) is 4.49. The van der Waals surface area contributed by atoms with Crippen molar-refractivity contribution < 1.29 is 29.4 Å². The Morgan fingerprint density at radius 1 is 1.39 bits per heavy atom. The molecule has 4 rings (SSSR count). The highest BCUT2D eigenvalue weighted by Crippen LogP contribution is 2.33. The summed E-state index contributed by atoms with van der Waals surface area (Å²) in [6.07, 6.45) is -4.22. The summed E-state index contributed by atoms with van der Waals surface area (Å²) >= 11 is 0. The molecule has 1 aliphatic heterocycles. The number of nitrogen functional groups attached to an aromatic ring is 1. The molecule has 0 aromatic carbocycles. The summed E-state index contributed by atoms with van der Waals surface area (Å²) in [4.78, 5) is 32.5. The molecule has 7 N–H and O–H groups in total. The van der Waals surface area contributed by atoms with Crippen molar-refractivity contribution in [3.05, 3.63) is 38.4 Å². The maximum absolute atomic E-state index is 12.2. The van der Waals surface area contributed by atoms with Gasteiger partial charge in [-0.15, -0.1) is 0 Å². The smallest absolute Gasteiger partial charge is 0.400 e. The van der Waals surface area contributed by atoms with E-state index in [1.54, 1.807) is 0 Å². The number of aliphatic hydroxyl groups is 3. The van der Waals surface area contributed by atoms with Crippen molar-refractivity contribution in [3.63, 3.8) is 0 Å². The van der Waals surface area contributed by atoms with Crippen LogP contribution >= 0.6 is 0 Å². The maximum Gasteiger partial charge on any atom is 0.433 e. The fourth-order valence-corrected chi connectivity index (χ4v) is 3.08. The molecule has 3 aromatic rings. The van der Waals surface area contributed by atoms with Crippen LogP contribution in [0.15, 0.2) is 26.4 Å². The molecule has 0 aliphatic carbocycles. The Labute approximate surface area is 170 Å². The van der Waals surface area contributed by atoms with Gasteiger partial charge in [0.15, 0.2) is 23.2 Å². The van der Waals surface area contributed by atoms with Crippen LogP contribution in [0.2, 0.25) is 0 Å². The average Bonchev–Trinajstić information content (AvgIpc) is 3.40. The summed E-state index contributed by atoms with van der Waals surface area (Å²) in [5.74, 6) is -0.796. The van der Waals surface area contributed by atoms with Crippen LogP contribution in [0.25, 0.3) is 11.2 Å². The summed E-state index contributed by atoms with van der Waals surface area (Å²) in [7, 11) is 0. The van der Waals surface area contributed by atoms with E-state index in [1.165, 1.54) is 6.07 Å². The molecule has 1 saturated heterocycles. The van der Waals surface area contributed by atoms with Crippen molar-refractivity contribution in [2.24, 2.45) is 5.10 Å². The average molecular weight is 436 g/mol. The first-order valence-electron chi connectivity index (χ1n) is 8.73. The minimum absolute atomic E-state index is 0.0509. The van der Waals surface area contributed by atoms with Crippen LogP contribution in [0.4, 0.5) is 17.8 Å². The molecule has 0 amide bonds. The van der Waals surface area contributed by atoms with E-state index in [-0.39, 0.29) is 28.8 Å². The van der Waals surface area contributed by atoms with Gasteiger partial charge in [0, 0.05) is 0 Å². The number of H-pyrrole nitrogens is 1. The maximum atomic E-state index is 12.2. The standard InChI is InChI=1S/C15H16N8O8/c16-14-19-11-8(12(27)20-14)18-15(21-17-3-5-1-2-7(30-5)23(28)29)22(11)13-10(26)9(25)6(4-24)31-13/h1-3,6,9-10,13,24-26H,4H2,(H,18,21)(H3,16,19,20,27)/b17-3-/t6-,9+,10-,13+/m0/s1. The lowest BCUT2D eigenvalue weighted by atomic mass is 10.1. The molecular weight excluding hydrogens is 420 g/mol. The number of nitro groups is 1. The first kappa shape index (κ1) is 20.4. The molecule has 0 spiro atoms. The number of hydrogen-bond donors (Lipinski definition) is 6. The number of hydrogen-bond acceptors (Lipinski definition) is 13. The molecule has 0 saturated carbocycles. The van der Waals surface area contributed by atoms with Gasteiger partial charge in [-0.1, -0.05) is 0 Å². The fraction of sp³-hybridized carbons (Fsp3) is 0.333. The molecular formula is C15H16N8O8. The summed E-state index contributed by atoms with van der Waals surface area (Å²) < 4.78 is 11.6. The zero-order valence-electron chi connectivity index (χ0n) is 15.4. The van der Waals surface area contributed by atoms with E-state index in [9.17, 15) is 30.2 Å². The lowest BCUT2D eigenvalue weighted by Crippen LogP contribution is -2.33. The SMILES string of the molecule is Nc1nc2c(nc(N/N=C\c3ccc([N+](=O)[O-])o3)n2[C@@H]2O[C@@H](CO)[C@@H](O)[C@@H]2O)c(=O)[nH]1. The predicted octanol–water partition coefficient (Wildman–Crippen LogP) is -1.74. The lowest BCUT2D eigenvalue weighted by Gasteiger charge is -2.18. The number of ether oxygens (including phenoxy) is 1. The molecule has 1 aliphatic rings. The van der Waals surface area contributed by atoms with Gasteiger partial charge in [-0.3, -0.25) is 24.5 Å². The van der Waals surface area contributed by atoms with Crippen molar-refractivity contribution in [2.45, 2.75) is 24.5 Å². The van der Waals surface area contributed by atoms with Crippen molar-refractivity contribution in [3.8, 4) is 0 Å². The zero-order valence-corrected chi connectivity index (χ0v) is 15.4. The van der Waals surface area contributed by atoms with Gasteiger partial charge in [0.1, 0.15) is 23.2 Å². The van der Waals surface area contributed by atoms with E-state index in [0.29, 0.717) is 0 Å². The fourth-order valence-electron chi connectivity index (χ4n) is 3.08. The highest BCUT2D eigenvalue weighted by molar-refractivity contribution is 5.78. The quantitative estimate of drug-likeness (QED) is 0.143. The summed E-state index contributed by atoms with van der Waals surface area (Å²) in [5, 5.41) is 44.3. The molecule has 1 fully saturated rings. The molecule has 31 heavy (non-hydrogen) atoms. The predicted molar refractivity (Wildman–Crippen MR) is 102 cm³/mol. The highest BCUT2D eigenvalue weighted by Gasteiger charge is 2.45. The zero-order chi connectivity index (χ0) is 22.3. The molecule has 4 atom stereocenters. The number of aromatic nitrogens is 4. The van der Waals surface area contributed by atoms with Gasteiger partial charge in [0.25, 0.3) is 5.56 Å². The molecule has 164 valence electrons. The molecule has 3 aromatic heterocycles. The first-order chi connectivity index (χ1) is 14.8. The van der Waals surface area contributed by atoms with E-state index in [0.717, 1.165) is 16.8 Å². The number of hydrazone groups is 1. The van der Waals surface area contributed by atoms with Crippen molar-refractivity contribution in [2.75, 3.05) is 17.8 Å². The number of nitrogens with two attached hydrogens (primary N) is 1. The minimum Gasteiger partial charge on any atom is -0.400 e. The van der Waals surface area contributed by atoms with Gasteiger partial charge >= 0.3 is 5.88 Å². The van der Waals surface area contributed by atoms with Crippen LogP contribution in [-0.4, -0.2) is 70.9 Å². The molecule has 0 radical (unpaired) electrons. The summed E-state index contributed by atoms with van der Waals surface area (Å²) in [6.45, 7) is -0.574. The first-order valence-corrected chi connectivity index (χ1v) is 8.73. The Bertz CT molecular complexity index is 1220. The van der Waals surface area contributed by atoms with Gasteiger partial charge in [0.2, 0.25) is 11.9 Å². The number of imidazole rings is 1. The number of nitrogens with one attached hydrogen (secondary N) is 2. The van der Waals surface area contributed by atoms with E-state index in [1.807, 2.05) is 0 Å². The number of aliphatic hydroxyl groups excluding tert-OH is 3. The van der Waals surface area contributed by atoms with E-state index in [2.05, 4.69) is 25.5 Å². The number of fused-ring (bicyclic) bond motifs is 1. The van der Waals surface area contributed by atoms with Gasteiger partial charge in [-0.25, -0.2) is 10.4 Å². The van der Waals surface area contributed by atoms with Crippen molar-refractivity contribution in [1.82, 2.24) is 19.5 Å². The Kier molecular flexibility index (Phi) is 5.11. The van der Waals surface area contributed by atoms with E-state index >= 15 is 0 Å². The van der Waals surface area contributed by atoms with Gasteiger partial charge in [0.05, 0.1) is 18.9 Å². The molecule has 4 heterocycles. The Hall–Kier alpha value is -3.86. The second kappa shape index (κ2) is 7.76. The summed E-state index contributed by atoms with van der Waals surface area (Å²) in [6, 6.07) is 2.45. The largest absolute Gasteiger partial charge is 0.433 e. The number of aromatic amines is 1. The third-order valence-electron chi connectivity index (χ3n) is 4.49. The van der Waals surface area contributed by atoms with Crippen LogP contribution in [0.3, 0.4) is 0 Å². The molecule has 0 bridgehead atoms. The van der Waals surface area contributed by atoms with Crippen molar-refractivity contribution >= 4 is 35.2 Å². The Morgan fingerprint density at radius 3 is 2.81 bits per heavy atom. The van der Waals surface area contributed by atoms with Gasteiger partial charge < -0.3 is 30.2 Å². The number of nitrogens with zero attached hydrogens (tertiary/aromatic N) is 5. The summed E-state index contributed by atoms with van der Waals surface area (Å²) in [5.41, 5.74) is 7.18. The van der Waals surface area contributed by atoms with Crippen LogP contribution < -0.4 is 16.7 Å². The van der Waals surface area contributed by atoms with Gasteiger partial charge in [-0.2, -0.15) is 10.1 Å². The number of furan rings is 1. The van der Waals surface area contributed by atoms with Crippen LogP contribution in [0, 0.1) is 10.1 Å². The third kappa shape index (κ3) is 3.59. The van der Waals surface area contributed by atoms with Crippen LogP contribution in [0.1, 0.15) is 12.0 Å². The molecule has 0 unspecified atom stereocenters. The molecule has 16 heteroatoms. The van der Waals surface area contributed by atoms with E-state index < -0.39 is 47.5 Å². The van der Waals surface area contributed by atoms with Gasteiger partial charge in [-0.05, 0) is 6.07 Å². The topological polar surface area (TPSA) is 240 Å². The lowest BCUT2D eigenvalue weighted by molar-refractivity contribution is -0.402. The second-order valence-electron chi connectivity index (χ2n) is 6.46. The Balaban J connectivity index is 1.73. The molecule has 16 nitrogen and oxygen atoms in total. The second-order valence-corrected chi connectivity index (χ2v) is 6.46. The monoisotopic (exact) mass is 436 g/mol. The van der Waals surface area contributed by atoms with Crippen molar-refractivity contribution in [1.29, 1.82) is 0 Å². The van der Waals surface area contributed by atoms with E-state index in [4.69, 9.17) is 14.9 Å². The minimum atomic E-state index is -1.51.